The van der Waals surface area contributed by atoms with Crippen LogP contribution < -0.4 is 50.6 Å². The summed E-state index contributed by atoms with van der Waals surface area (Å²) < 4.78 is 10.1. The van der Waals surface area contributed by atoms with E-state index in [0.29, 0.717) is 17.2 Å². The van der Waals surface area contributed by atoms with E-state index in [0.717, 1.165) is 25.7 Å². The van der Waals surface area contributed by atoms with E-state index < -0.39 is 21.9 Å². The third-order valence-corrected chi connectivity index (χ3v) is 4.48. The fourth-order valence-electron chi connectivity index (χ4n) is 2.63. The number of hydrogen-bond donors (Lipinski definition) is 1. The zero-order valence-electron chi connectivity index (χ0n) is 14.8. The van der Waals surface area contributed by atoms with Gasteiger partial charge in [-0.05, 0) is 24.3 Å². The first-order valence-corrected chi connectivity index (χ1v) is 10.7. The van der Waals surface area contributed by atoms with E-state index in [9.17, 15) is 5.26 Å². The van der Waals surface area contributed by atoms with Gasteiger partial charge in [-0.15, -0.1) is 0 Å². The van der Waals surface area contributed by atoms with Gasteiger partial charge >= 0.3 is 117 Å². The minimum absolute atomic E-state index is 0.0189. The molecule has 1 aliphatic rings. The first-order chi connectivity index (χ1) is 13.8. The molecule has 1 aliphatic carbocycles. The first-order valence-electron chi connectivity index (χ1n) is 8.60. The Bertz CT molecular complexity index is 692. The Balaban J connectivity index is 1.33. The summed E-state index contributed by atoms with van der Waals surface area (Å²) in [5.74, 6) is 1.85. The van der Waals surface area contributed by atoms with Crippen LogP contribution in [0.2, 0.25) is 0 Å². The number of rotatable bonds is 10. The standard InChI is InChI=1S/C18H21INO8/c20-19-28-27-18-11-9-17(10-12-18)26-25-16-7-5-15(6-8-16)24-23-14-3-1-13(22-21)2-4-14/h1-4,9-12,15-16,21H,5-8,20H2/q-1/p-1. The van der Waals surface area contributed by atoms with Crippen LogP contribution in [0.4, 0.5) is 0 Å². The van der Waals surface area contributed by atoms with Crippen molar-refractivity contribution >= 4 is 0 Å². The van der Waals surface area contributed by atoms with Crippen molar-refractivity contribution in [1.82, 2.24) is 0 Å². The van der Waals surface area contributed by atoms with Crippen molar-refractivity contribution in [2.45, 2.75) is 37.9 Å². The third-order valence-electron chi connectivity index (χ3n) is 4.09. The molecule has 10 heteroatoms. The summed E-state index contributed by atoms with van der Waals surface area (Å²) in [6, 6.07) is 13.1. The zero-order valence-corrected chi connectivity index (χ0v) is 17.0. The summed E-state index contributed by atoms with van der Waals surface area (Å²) in [6.45, 7) is 0. The molecule has 154 valence electrons. The molecule has 0 saturated heterocycles. The fourth-order valence-corrected chi connectivity index (χ4v) is 2.94. The SMILES string of the molecule is N[I-]OOc1ccc(OOC2CCC(OOc3ccc(O[O-])cc3)CC2)cc1. The molecular weight excluding hydrogens is 485 g/mol. The van der Waals surface area contributed by atoms with Crippen molar-refractivity contribution in [3.05, 3.63) is 48.5 Å². The number of nitrogens with two attached hydrogens (primary N) is 1. The van der Waals surface area contributed by atoms with E-state index in [-0.39, 0.29) is 18.0 Å². The van der Waals surface area contributed by atoms with Crippen LogP contribution in [0.1, 0.15) is 25.7 Å². The molecule has 3 rings (SSSR count). The van der Waals surface area contributed by atoms with Crippen molar-refractivity contribution in [2.75, 3.05) is 0 Å². The summed E-state index contributed by atoms with van der Waals surface area (Å²) in [4.78, 5) is 30.4. The van der Waals surface area contributed by atoms with Crippen LogP contribution in [0.15, 0.2) is 48.5 Å². The molecule has 9 nitrogen and oxygen atoms in total. The second kappa shape index (κ2) is 11.2. The van der Waals surface area contributed by atoms with E-state index in [2.05, 4.69) is 4.89 Å². The Hall–Kier alpha value is -1.83. The second-order valence-electron chi connectivity index (χ2n) is 6.02. The van der Waals surface area contributed by atoms with E-state index in [1.54, 1.807) is 36.4 Å². The fraction of sp³-hybridized carbons (Fsp3) is 0.333. The molecule has 0 aliphatic heterocycles. The van der Waals surface area contributed by atoms with Crippen LogP contribution in [0.5, 0.6) is 23.0 Å². The van der Waals surface area contributed by atoms with Gasteiger partial charge in [-0.2, -0.15) is 4.89 Å². The Kier molecular flexibility index (Phi) is 8.39. The molecule has 0 amide bonds. The molecule has 1 saturated carbocycles. The van der Waals surface area contributed by atoms with Gasteiger partial charge in [0.2, 0.25) is 0 Å². The Morgan fingerprint density at radius 2 is 1.07 bits per heavy atom. The molecule has 0 bridgehead atoms. The van der Waals surface area contributed by atoms with Crippen LogP contribution in [0.25, 0.3) is 0 Å². The topological polar surface area (TPSA) is 114 Å². The Morgan fingerprint density at radius 1 is 0.679 bits per heavy atom. The van der Waals surface area contributed by atoms with Gasteiger partial charge in [-0.25, -0.2) is 0 Å². The monoisotopic (exact) mass is 505 g/mol. The molecule has 2 aromatic rings. The van der Waals surface area contributed by atoms with Gasteiger partial charge in [-0.3, -0.25) is 0 Å². The minimum atomic E-state index is -0.879. The van der Waals surface area contributed by atoms with Crippen LogP contribution in [0.3, 0.4) is 0 Å². The molecule has 0 heterocycles. The molecule has 2 aromatic carbocycles. The van der Waals surface area contributed by atoms with Crippen LogP contribution in [-0.4, -0.2) is 12.2 Å². The van der Waals surface area contributed by atoms with E-state index in [1.807, 2.05) is 0 Å². The van der Waals surface area contributed by atoms with Gasteiger partial charge in [0.05, 0.1) is 0 Å². The molecule has 1 fully saturated rings. The molecular formula is C18H20INO8-2. The molecule has 0 radical (unpaired) electrons. The predicted octanol–water partition coefficient (Wildman–Crippen LogP) is -0.839. The van der Waals surface area contributed by atoms with Crippen molar-refractivity contribution in [2.24, 2.45) is 3.95 Å². The molecule has 2 N–H and O–H groups in total. The molecule has 0 spiro atoms. The van der Waals surface area contributed by atoms with Crippen LogP contribution >= 0.6 is 0 Å². The van der Waals surface area contributed by atoms with Crippen LogP contribution in [-0.2, 0) is 13.0 Å². The number of halogens is 1. The summed E-state index contributed by atoms with van der Waals surface area (Å²) in [6.07, 6.45) is 3.08. The van der Waals surface area contributed by atoms with Crippen molar-refractivity contribution in [1.29, 1.82) is 0 Å². The van der Waals surface area contributed by atoms with E-state index in [4.69, 9.17) is 31.6 Å². The first kappa shape index (κ1) is 20.9. The summed E-state index contributed by atoms with van der Waals surface area (Å²) in [7, 11) is 0. The van der Waals surface area contributed by atoms with Gasteiger partial charge in [-0.1, -0.05) is 0 Å². The maximum absolute atomic E-state index is 10.3. The average molecular weight is 505 g/mol. The van der Waals surface area contributed by atoms with Crippen LogP contribution in [0, 0.1) is 0 Å². The quantitative estimate of drug-likeness (QED) is 0.191. The van der Waals surface area contributed by atoms with Crippen molar-refractivity contribution < 1.29 is 59.7 Å². The van der Waals surface area contributed by atoms with Gasteiger partial charge in [0.1, 0.15) is 5.75 Å². The van der Waals surface area contributed by atoms with Crippen molar-refractivity contribution in [3.63, 3.8) is 0 Å². The molecule has 0 aromatic heterocycles. The number of benzene rings is 2. The zero-order chi connectivity index (χ0) is 19.6. The summed E-state index contributed by atoms with van der Waals surface area (Å²) >= 11 is -0.879. The van der Waals surface area contributed by atoms with Gasteiger partial charge < -0.3 is 15.0 Å². The predicted molar refractivity (Wildman–Crippen MR) is 88.9 cm³/mol. The Morgan fingerprint density at radius 3 is 1.46 bits per heavy atom. The van der Waals surface area contributed by atoms with E-state index >= 15 is 0 Å². The van der Waals surface area contributed by atoms with Gasteiger partial charge in [0, 0.05) is 0 Å². The summed E-state index contributed by atoms with van der Waals surface area (Å²) in [5.41, 5.74) is 0. The van der Waals surface area contributed by atoms with Gasteiger partial charge in [0.25, 0.3) is 0 Å². The molecule has 0 atom stereocenters. The van der Waals surface area contributed by atoms with Crippen molar-refractivity contribution in [3.8, 4) is 23.0 Å². The number of hydrogen-bond acceptors (Lipinski definition) is 9. The Labute approximate surface area is 173 Å². The molecule has 28 heavy (non-hydrogen) atoms. The molecule has 0 unspecified atom stereocenters. The summed E-state index contributed by atoms with van der Waals surface area (Å²) in [5, 5.41) is 10.3. The average Bonchev–Trinajstić information content (AvgIpc) is 2.76. The maximum atomic E-state index is 10.3. The normalized spacial score (nSPS) is 19.2. The van der Waals surface area contributed by atoms with E-state index in [1.165, 1.54) is 12.1 Å². The second-order valence-corrected chi connectivity index (χ2v) is 6.89. The third kappa shape index (κ3) is 6.65. The van der Waals surface area contributed by atoms with Gasteiger partial charge in [0.15, 0.2) is 5.75 Å².